The molecule has 0 saturated carbocycles. The molecule has 10 aromatic carbocycles. The van der Waals surface area contributed by atoms with E-state index in [1.807, 2.05) is 24.3 Å². The number of hydrogen-bond donors (Lipinski definition) is 0. The van der Waals surface area contributed by atoms with Crippen LogP contribution in [0, 0.1) is 0 Å². The molecule has 0 aliphatic heterocycles. The van der Waals surface area contributed by atoms with Gasteiger partial charge in [0.15, 0.2) is 17.5 Å². The molecule has 0 saturated heterocycles. The van der Waals surface area contributed by atoms with Crippen LogP contribution in [0.5, 0.6) is 0 Å². The molecule has 3 heterocycles. The van der Waals surface area contributed by atoms with E-state index in [4.69, 9.17) is 15.0 Å². The molecule has 0 fully saturated rings. The Balaban J connectivity index is 1.07. The highest BCUT2D eigenvalue weighted by Crippen LogP contribution is 2.42. The lowest BCUT2D eigenvalue weighted by Gasteiger charge is -2.18. The molecule has 0 amide bonds. The van der Waals surface area contributed by atoms with Crippen LogP contribution in [-0.4, -0.2) is 24.1 Å². The number of nitrogens with zero attached hydrogens (tertiary/aromatic N) is 5. The minimum absolute atomic E-state index is 0.612. The van der Waals surface area contributed by atoms with E-state index in [9.17, 15) is 0 Å². The predicted molar refractivity (Wildman–Crippen MR) is 265 cm³/mol. The Bertz CT molecular complexity index is 3900. The van der Waals surface area contributed by atoms with Crippen LogP contribution in [0.25, 0.3) is 122 Å². The van der Waals surface area contributed by atoms with Crippen LogP contribution in [0.15, 0.2) is 224 Å². The fourth-order valence-corrected chi connectivity index (χ4v) is 9.85. The summed E-state index contributed by atoms with van der Waals surface area (Å²) < 4.78 is 4.81. The van der Waals surface area contributed by atoms with Crippen LogP contribution < -0.4 is 0 Å². The summed E-state index contributed by atoms with van der Waals surface area (Å²) in [5, 5.41) is 9.38. The summed E-state index contributed by atoms with van der Waals surface area (Å²) in [7, 11) is 0. The fraction of sp³-hybridized carbons (Fsp3) is 0. The van der Waals surface area contributed by atoms with Gasteiger partial charge in [-0.3, -0.25) is 0 Å². The highest BCUT2D eigenvalue weighted by molar-refractivity contribution is 6.15. The average Bonchev–Trinajstić information content (AvgIpc) is 3.88. The minimum atomic E-state index is 0.612. The van der Waals surface area contributed by atoms with E-state index in [-0.39, 0.29) is 0 Å². The highest BCUT2D eigenvalue weighted by atomic mass is 15.1. The molecule has 0 radical (unpaired) electrons. The second kappa shape index (κ2) is 14.5. The largest absolute Gasteiger partial charge is 0.309 e. The number of fused-ring (bicyclic) bond motifs is 8. The molecule has 5 heteroatoms. The van der Waals surface area contributed by atoms with Crippen molar-refractivity contribution >= 4 is 65.2 Å². The lowest BCUT2D eigenvalue weighted by molar-refractivity contribution is 1.07. The van der Waals surface area contributed by atoms with Gasteiger partial charge in [-0.2, -0.15) is 0 Å². The zero-order valence-electron chi connectivity index (χ0n) is 34.6. The second-order valence-electron chi connectivity index (χ2n) is 16.4. The van der Waals surface area contributed by atoms with Gasteiger partial charge in [0.1, 0.15) is 0 Å². The van der Waals surface area contributed by atoms with Gasteiger partial charge in [0.25, 0.3) is 0 Å². The summed E-state index contributed by atoms with van der Waals surface area (Å²) in [5.41, 5.74) is 11.7. The van der Waals surface area contributed by atoms with Crippen LogP contribution in [0.1, 0.15) is 0 Å². The van der Waals surface area contributed by atoms with Crippen LogP contribution in [0.2, 0.25) is 0 Å². The molecule has 0 aliphatic rings. The van der Waals surface area contributed by atoms with Gasteiger partial charge < -0.3 is 9.13 Å². The molecule has 3 aromatic heterocycles. The SMILES string of the molecule is c1ccc(-c2nc(-c3ccccc3-c3ccccc3)nc(-c3c(-n4c5ccccc5c5cc6cc(-n7c8ccccc8c8ccccc87)ccc6cc54)ccc4ccccc34)n2)cc1. The van der Waals surface area contributed by atoms with Gasteiger partial charge in [0, 0.05) is 38.4 Å². The van der Waals surface area contributed by atoms with Gasteiger partial charge in [0.2, 0.25) is 0 Å². The maximum absolute atomic E-state index is 5.46. The van der Waals surface area contributed by atoms with E-state index in [1.165, 1.54) is 38.0 Å². The monoisotopic (exact) mass is 815 g/mol. The van der Waals surface area contributed by atoms with Crippen molar-refractivity contribution in [3.63, 3.8) is 0 Å². The summed E-state index contributed by atoms with van der Waals surface area (Å²) in [5.74, 6) is 1.85. The number of aromatic nitrogens is 5. The van der Waals surface area contributed by atoms with Crippen LogP contribution in [0.4, 0.5) is 0 Å². The van der Waals surface area contributed by atoms with Gasteiger partial charge in [-0.25, -0.2) is 15.0 Å². The van der Waals surface area contributed by atoms with E-state index < -0.39 is 0 Å². The summed E-state index contributed by atoms with van der Waals surface area (Å²) in [6.45, 7) is 0. The molecule has 0 spiro atoms. The van der Waals surface area contributed by atoms with Gasteiger partial charge in [-0.05, 0) is 81.2 Å². The number of benzene rings is 10. The smallest absolute Gasteiger partial charge is 0.166 e. The third kappa shape index (κ3) is 5.68. The summed E-state index contributed by atoms with van der Waals surface area (Å²) in [6.07, 6.45) is 0. The Kier molecular flexibility index (Phi) is 8.15. The zero-order valence-corrected chi connectivity index (χ0v) is 34.6. The maximum Gasteiger partial charge on any atom is 0.166 e. The Morgan fingerprint density at radius 2 is 0.812 bits per heavy atom. The van der Waals surface area contributed by atoms with Crippen LogP contribution in [0.3, 0.4) is 0 Å². The predicted octanol–water partition coefficient (Wildman–Crippen LogP) is 15.0. The second-order valence-corrected chi connectivity index (χ2v) is 16.4. The van der Waals surface area contributed by atoms with Gasteiger partial charge >= 0.3 is 0 Å². The van der Waals surface area contributed by atoms with E-state index in [0.717, 1.165) is 66.4 Å². The number of hydrogen-bond acceptors (Lipinski definition) is 3. The van der Waals surface area contributed by atoms with Crippen molar-refractivity contribution < 1.29 is 0 Å². The highest BCUT2D eigenvalue weighted by Gasteiger charge is 2.23. The molecule has 5 nitrogen and oxygen atoms in total. The van der Waals surface area contributed by atoms with Crippen molar-refractivity contribution in [2.45, 2.75) is 0 Å². The summed E-state index contributed by atoms with van der Waals surface area (Å²) >= 11 is 0. The molecule has 13 aromatic rings. The van der Waals surface area contributed by atoms with E-state index >= 15 is 0 Å². The van der Waals surface area contributed by atoms with Crippen molar-refractivity contribution in [1.29, 1.82) is 0 Å². The lowest BCUT2D eigenvalue weighted by Crippen LogP contribution is -2.05. The van der Waals surface area contributed by atoms with Crippen molar-refractivity contribution in [3.05, 3.63) is 224 Å². The molecule has 0 bridgehead atoms. The molecule has 0 unspecified atom stereocenters. The lowest BCUT2D eigenvalue weighted by atomic mass is 9.98. The molecule has 13 rings (SSSR count). The first kappa shape index (κ1) is 36.0. The Labute approximate surface area is 368 Å². The van der Waals surface area contributed by atoms with Gasteiger partial charge in [0.05, 0.1) is 33.3 Å². The molecule has 64 heavy (non-hydrogen) atoms. The molecular weight excluding hydrogens is 779 g/mol. The van der Waals surface area contributed by atoms with E-state index in [0.29, 0.717) is 17.5 Å². The fourth-order valence-electron chi connectivity index (χ4n) is 9.85. The van der Waals surface area contributed by atoms with Crippen molar-refractivity contribution in [1.82, 2.24) is 24.1 Å². The van der Waals surface area contributed by atoms with Gasteiger partial charge in [-0.15, -0.1) is 0 Å². The first-order chi connectivity index (χ1) is 31.7. The van der Waals surface area contributed by atoms with E-state index in [2.05, 4.69) is 209 Å². The first-order valence-electron chi connectivity index (χ1n) is 21.7. The summed E-state index contributed by atoms with van der Waals surface area (Å²) in [4.78, 5) is 16.0. The third-order valence-corrected chi connectivity index (χ3v) is 12.7. The average molecular weight is 816 g/mol. The topological polar surface area (TPSA) is 48.5 Å². The van der Waals surface area contributed by atoms with Crippen molar-refractivity contribution in [3.8, 4) is 56.7 Å². The number of rotatable bonds is 6. The maximum atomic E-state index is 5.46. The quantitative estimate of drug-likeness (QED) is 0.168. The Morgan fingerprint density at radius 3 is 1.53 bits per heavy atom. The summed E-state index contributed by atoms with van der Waals surface area (Å²) in [6, 6.07) is 79.8. The van der Waals surface area contributed by atoms with Crippen molar-refractivity contribution in [2.75, 3.05) is 0 Å². The third-order valence-electron chi connectivity index (χ3n) is 12.7. The molecule has 0 N–H and O–H groups in total. The molecule has 0 aliphatic carbocycles. The Hall–Kier alpha value is -8.67. The van der Waals surface area contributed by atoms with E-state index in [1.54, 1.807) is 0 Å². The van der Waals surface area contributed by atoms with Gasteiger partial charge in [-0.1, -0.05) is 176 Å². The van der Waals surface area contributed by atoms with Crippen molar-refractivity contribution in [2.24, 2.45) is 0 Å². The molecule has 298 valence electrons. The first-order valence-corrected chi connectivity index (χ1v) is 21.7. The normalized spacial score (nSPS) is 11.8. The minimum Gasteiger partial charge on any atom is -0.309 e. The number of para-hydroxylation sites is 3. The standard InChI is InChI=1S/C59H37N5/c1-3-17-38(18-4-1)44-22-9-10-27-49(44)58-60-57(40-20-5-2-6-21-40)61-59(62-58)56-45-23-8-7-19-39(45)32-34-54(56)64-53-30-16-13-26-48(53)50-36-42-35-43(33-31-41(42)37-55(50)64)63-51-28-14-11-24-46(51)47-25-12-15-29-52(47)63/h1-37H. The molecular formula is C59H37N5. The van der Waals surface area contributed by atoms with Crippen LogP contribution in [-0.2, 0) is 0 Å². The van der Waals surface area contributed by atoms with Crippen LogP contribution >= 0.6 is 0 Å². The zero-order chi connectivity index (χ0) is 42.1. The molecule has 0 atom stereocenters. The Morgan fingerprint density at radius 1 is 0.281 bits per heavy atom.